The first-order valence-electron chi connectivity index (χ1n) is 3.73. The van der Waals surface area contributed by atoms with Crippen LogP contribution in [0.15, 0.2) is 30.3 Å². The van der Waals surface area contributed by atoms with Crippen molar-refractivity contribution >= 4 is 11.6 Å². The Morgan fingerprint density at radius 3 is 2.33 bits per heavy atom. The molecule has 0 radical (unpaired) electrons. The Bertz CT molecular complexity index is 225. The predicted molar refractivity (Wildman–Crippen MR) is 48.1 cm³/mol. The monoisotopic (exact) mass is 186 g/mol. The Balaban J connectivity index is 2.71. The fourth-order valence-corrected chi connectivity index (χ4v) is 1.18. The van der Waals surface area contributed by atoms with E-state index in [4.69, 9.17) is 16.7 Å². The molecule has 0 aliphatic carbocycles. The van der Waals surface area contributed by atoms with Gasteiger partial charge in [0.05, 0.1) is 18.1 Å². The molecule has 2 nitrogen and oxygen atoms in total. The van der Waals surface area contributed by atoms with Crippen molar-refractivity contribution in [3.8, 4) is 0 Å². The van der Waals surface area contributed by atoms with Gasteiger partial charge in [0, 0.05) is 0 Å². The molecular formula is C9H11ClO2. The van der Waals surface area contributed by atoms with Crippen LogP contribution in [0, 0.1) is 0 Å². The molecule has 0 amide bonds. The molecule has 3 heteroatoms. The summed E-state index contributed by atoms with van der Waals surface area (Å²) in [6.45, 7) is -0.316. The number of aliphatic hydroxyl groups excluding tert-OH is 2. The van der Waals surface area contributed by atoms with Crippen LogP contribution in [-0.2, 0) is 0 Å². The van der Waals surface area contributed by atoms with E-state index in [0.717, 1.165) is 5.56 Å². The van der Waals surface area contributed by atoms with Gasteiger partial charge in [0.1, 0.15) is 0 Å². The van der Waals surface area contributed by atoms with Gasteiger partial charge in [0.2, 0.25) is 0 Å². The highest BCUT2D eigenvalue weighted by Gasteiger charge is 2.16. The molecule has 1 rings (SSSR count). The second-order valence-electron chi connectivity index (χ2n) is 2.56. The summed E-state index contributed by atoms with van der Waals surface area (Å²) in [6, 6.07) is 9.19. The average Bonchev–Trinajstić information content (AvgIpc) is 2.17. The summed E-state index contributed by atoms with van der Waals surface area (Å²) in [4.78, 5) is 0. The maximum atomic E-state index is 9.20. The summed E-state index contributed by atoms with van der Waals surface area (Å²) in [5.74, 6) is 0. The summed E-state index contributed by atoms with van der Waals surface area (Å²) < 4.78 is 0. The van der Waals surface area contributed by atoms with E-state index in [-0.39, 0.29) is 6.61 Å². The molecule has 0 saturated heterocycles. The molecule has 0 aliphatic heterocycles. The van der Waals surface area contributed by atoms with Gasteiger partial charge in [0.25, 0.3) is 0 Å². The van der Waals surface area contributed by atoms with E-state index in [2.05, 4.69) is 0 Å². The van der Waals surface area contributed by atoms with Gasteiger partial charge < -0.3 is 10.2 Å². The minimum atomic E-state index is -0.894. The lowest BCUT2D eigenvalue weighted by molar-refractivity contribution is 0.0915. The molecular weight excluding hydrogens is 176 g/mol. The van der Waals surface area contributed by atoms with Crippen LogP contribution in [0.1, 0.15) is 10.9 Å². The zero-order valence-corrected chi connectivity index (χ0v) is 7.28. The van der Waals surface area contributed by atoms with Gasteiger partial charge >= 0.3 is 0 Å². The van der Waals surface area contributed by atoms with E-state index in [1.807, 2.05) is 30.3 Å². The van der Waals surface area contributed by atoms with Gasteiger partial charge in [-0.2, -0.15) is 0 Å². The quantitative estimate of drug-likeness (QED) is 0.700. The number of alkyl halides is 1. The van der Waals surface area contributed by atoms with Gasteiger partial charge in [-0.15, -0.1) is 11.6 Å². The summed E-state index contributed by atoms with van der Waals surface area (Å²) in [5, 5.41) is 17.3. The Hall–Kier alpha value is -0.570. The molecule has 0 aromatic heterocycles. The minimum Gasteiger partial charge on any atom is -0.394 e. The zero-order valence-electron chi connectivity index (χ0n) is 6.52. The van der Waals surface area contributed by atoms with Gasteiger partial charge in [0.15, 0.2) is 0 Å². The normalized spacial score (nSPS) is 15.6. The molecule has 0 saturated carbocycles. The fourth-order valence-electron chi connectivity index (χ4n) is 0.952. The molecule has 0 unspecified atom stereocenters. The zero-order chi connectivity index (χ0) is 8.97. The van der Waals surface area contributed by atoms with Crippen molar-refractivity contribution in [1.29, 1.82) is 0 Å². The van der Waals surface area contributed by atoms with Crippen molar-refractivity contribution in [3.63, 3.8) is 0 Å². The molecule has 0 heterocycles. The topological polar surface area (TPSA) is 40.5 Å². The third kappa shape index (κ3) is 2.21. The maximum absolute atomic E-state index is 9.20. The second-order valence-corrected chi connectivity index (χ2v) is 3.03. The summed E-state index contributed by atoms with van der Waals surface area (Å²) in [7, 11) is 0. The molecule has 2 N–H and O–H groups in total. The lowest BCUT2D eigenvalue weighted by atomic mass is 10.1. The van der Waals surface area contributed by atoms with E-state index in [0.29, 0.717) is 0 Å². The number of halogens is 1. The second kappa shape index (κ2) is 4.45. The predicted octanol–water partition coefficient (Wildman–Crippen LogP) is 1.32. The largest absolute Gasteiger partial charge is 0.394 e. The Labute approximate surface area is 76.4 Å². The maximum Gasteiger partial charge on any atom is 0.0975 e. The van der Waals surface area contributed by atoms with Crippen molar-refractivity contribution in [2.24, 2.45) is 0 Å². The minimum absolute atomic E-state index is 0.316. The van der Waals surface area contributed by atoms with Crippen LogP contribution in [0.4, 0.5) is 0 Å². The van der Waals surface area contributed by atoms with E-state index in [9.17, 15) is 5.11 Å². The van der Waals surface area contributed by atoms with Crippen LogP contribution in [-0.4, -0.2) is 22.9 Å². The number of rotatable bonds is 3. The molecule has 1 aromatic carbocycles. The lowest BCUT2D eigenvalue weighted by Gasteiger charge is -2.14. The Kier molecular flexibility index (Phi) is 3.53. The number of benzene rings is 1. The van der Waals surface area contributed by atoms with Crippen LogP contribution in [0.3, 0.4) is 0 Å². The van der Waals surface area contributed by atoms with Crippen molar-refractivity contribution in [3.05, 3.63) is 35.9 Å². The first-order chi connectivity index (χ1) is 5.75. The van der Waals surface area contributed by atoms with E-state index in [1.54, 1.807) is 0 Å². The van der Waals surface area contributed by atoms with Crippen molar-refractivity contribution < 1.29 is 10.2 Å². The van der Waals surface area contributed by atoms with Crippen molar-refractivity contribution in [2.45, 2.75) is 11.5 Å². The number of hydrogen-bond acceptors (Lipinski definition) is 2. The first-order valence-corrected chi connectivity index (χ1v) is 4.17. The third-order valence-corrected chi connectivity index (χ3v) is 2.19. The highest BCUT2D eigenvalue weighted by Crippen LogP contribution is 2.23. The SMILES string of the molecule is OC[C@@H](O)[C@@H](Cl)c1ccccc1. The smallest absolute Gasteiger partial charge is 0.0975 e. The van der Waals surface area contributed by atoms with Crippen LogP contribution in [0.25, 0.3) is 0 Å². The summed E-state index contributed by atoms with van der Waals surface area (Å²) in [5.41, 5.74) is 0.820. The Morgan fingerprint density at radius 2 is 1.83 bits per heavy atom. The molecule has 1 aromatic rings. The highest BCUT2D eigenvalue weighted by atomic mass is 35.5. The summed E-state index contributed by atoms with van der Waals surface area (Å²) in [6.07, 6.45) is -0.894. The molecule has 2 atom stereocenters. The molecule has 0 fully saturated rings. The van der Waals surface area contributed by atoms with Crippen molar-refractivity contribution in [2.75, 3.05) is 6.61 Å². The van der Waals surface area contributed by atoms with Crippen LogP contribution in [0.5, 0.6) is 0 Å². The van der Waals surface area contributed by atoms with Gasteiger partial charge in [-0.3, -0.25) is 0 Å². The molecule has 0 aliphatic rings. The van der Waals surface area contributed by atoms with Gasteiger partial charge in [-0.05, 0) is 5.56 Å². The number of hydrogen-bond donors (Lipinski definition) is 2. The third-order valence-electron chi connectivity index (χ3n) is 1.64. The van der Waals surface area contributed by atoms with Crippen molar-refractivity contribution in [1.82, 2.24) is 0 Å². The van der Waals surface area contributed by atoms with E-state index in [1.165, 1.54) is 0 Å². The fraction of sp³-hybridized carbons (Fsp3) is 0.333. The first kappa shape index (κ1) is 9.52. The summed E-state index contributed by atoms with van der Waals surface area (Å²) >= 11 is 5.85. The van der Waals surface area contributed by atoms with Crippen LogP contribution < -0.4 is 0 Å². The standard InChI is InChI=1S/C9H11ClO2/c10-9(8(12)6-11)7-4-2-1-3-5-7/h1-5,8-9,11-12H,6H2/t8-,9+/m1/s1. The van der Waals surface area contributed by atoms with Gasteiger partial charge in [-0.1, -0.05) is 30.3 Å². The molecule has 66 valence electrons. The average molecular weight is 187 g/mol. The molecule has 12 heavy (non-hydrogen) atoms. The lowest BCUT2D eigenvalue weighted by Crippen LogP contribution is -2.18. The van der Waals surface area contributed by atoms with E-state index < -0.39 is 11.5 Å². The van der Waals surface area contributed by atoms with Crippen LogP contribution >= 0.6 is 11.6 Å². The van der Waals surface area contributed by atoms with Crippen LogP contribution in [0.2, 0.25) is 0 Å². The van der Waals surface area contributed by atoms with Gasteiger partial charge in [-0.25, -0.2) is 0 Å². The number of aliphatic hydroxyl groups is 2. The van der Waals surface area contributed by atoms with E-state index >= 15 is 0 Å². The molecule has 0 spiro atoms. The molecule has 0 bridgehead atoms. The highest BCUT2D eigenvalue weighted by molar-refractivity contribution is 6.21. The Morgan fingerprint density at radius 1 is 1.25 bits per heavy atom.